The summed E-state index contributed by atoms with van der Waals surface area (Å²) in [5.41, 5.74) is 0.0259. The maximum absolute atomic E-state index is 12.9. The molecular formula is C20H18F3NO4. The number of anilines is 1. The number of benzene rings is 2. The van der Waals surface area contributed by atoms with Crippen LogP contribution in [0.1, 0.15) is 34.3 Å². The van der Waals surface area contributed by atoms with Crippen LogP contribution >= 0.6 is 0 Å². The average molecular weight is 393 g/mol. The maximum Gasteiger partial charge on any atom is 0.418 e. The van der Waals surface area contributed by atoms with Crippen molar-refractivity contribution in [2.24, 2.45) is 0 Å². The zero-order valence-corrected chi connectivity index (χ0v) is 15.0. The summed E-state index contributed by atoms with van der Waals surface area (Å²) >= 11 is 0. The van der Waals surface area contributed by atoms with E-state index < -0.39 is 35.9 Å². The zero-order valence-electron chi connectivity index (χ0n) is 15.0. The second-order valence-electron chi connectivity index (χ2n) is 6.04. The van der Waals surface area contributed by atoms with Crippen LogP contribution in [0.25, 0.3) is 0 Å². The van der Waals surface area contributed by atoms with Gasteiger partial charge in [-0.15, -0.1) is 0 Å². The van der Waals surface area contributed by atoms with Gasteiger partial charge in [0.05, 0.1) is 17.7 Å². The van der Waals surface area contributed by atoms with Crippen molar-refractivity contribution in [3.05, 3.63) is 65.2 Å². The first kappa shape index (κ1) is 21.1. The second kappa shape index (κ2) is 9.16. The predicted molar refractivity (Wildman–Crippen MR) is 95.8 cm³/mol. The zero-order chi connectivity index (χ0) is 20.7. The lowest BCUT2D eigenvalue weighted by Gasteiger charge is -2.13. The quantitative estimate of drug-likeness (QED) is 0.566. The molecule has 148 valence electrons. The Morgan fingerprint density at radius 2 is 1.61 bits per heavy atom. The Morgan fingerprint density at radius 3 is 2.25 bits per heavy atom. The molecule has 0 atom stereocenters. The number of ether oxygens (including phenoxy) is 1. The number of aryl methyl sites for hydroxylation is 1. The first-order chi connectivity index (χ1) is 13.2. The van der Waals surface area contributed by atoms with E-state index in [-0.39, 0.29) is 18.6 Å². The molecule has 0 aliphatic carbocycles. The lowest BCUT2D eigenvalue weighted by atomic mass is 10.1. The number of hydrogen-bond donors (Lipinski definition) is 1. The van der Waals surface area contributed by atoms with E-state index in [0.29, 0.717) is 5.56 Å². The van der Waals surface area contributed by atoms with E-state index in [1.807, 2.05) is 6.92 Å². The van der Waals surface area contributed by atoms with E-state index in [4.69, 9.17) is 4.74 Å². The number of alkyl halides is 3. The molecule has 0 saturated carbocycles. The fraction of sp³-hybridized carbons (Fsp3) is 0.250. The van der Waals surface area contributed by atoms with Gasteiger partial charge in [0, 0.05) is 12.0 Å². The van der Waals surface area contributed by atoms with E-state index in [2.05, 4.69) is 5.32 Å². The molecule has 0 saturated heterocycles. The van der Waals surface area contributed by atoms with Crippen molar-refractivity contribution in [2.45, 2.75) is 25.9 Å². The maximum atomic E-state index is 12.9. The molecule has 0 fully saturated rings. The highest BCUT2D eigenvalue weighted by molar-refractivity contribution is 5.98. The average Bonchev–Trinajstić information content (AvgIpc) is 2.64. The van der Waals surface area contributed by atoms with Gasteiger partial charge in [0.25, 0.3) is 5.91 Å². The minimum Gasteiger partial charge on any atom is -0.456 e. The molecule has 0 aromatic heterocycles. The molecule has 0 bridgehead atoms. The molecule has 0 spiro atoms. The number of carbonyl (C=O) groups is 3. The Labute approximate surface area is 159 Å². The van der Waals surface area contributed by atoms with Gasteiger partial charge < -0.3 is 10.1 Å². The summed E-state index contributed by atoms with van der Waals surface area (Å²) in [6.45, 7) is 1.13. The van der Waals surface area contributed by atoms with Crippen LogP contribution in [0.5, 0.6) is 0 Å². The van der Waals surface area contributed by atoms with Gasteiger partial charge in [-0.25, -0.2) is 0 Å². The normalized spacial score (nSPS) is 11.0. The molecular weight excluding hydrogens is 375 g/mol. The first-order valence-corrected chi connectivity index (χ1v) is 8.38. The number of Topliss-reactive ketones (excluding diaryl/α,β-unsaturated/α-hetero) is 1. The summed E-state index contributed by atoms with van der Waals surface area (Å²) in [7, 11) is 0. The first-order valence-electron chi connectivity index (χ1n) is 8.38. The minimum absolute atomic E-state index is 0.0968. The van der Waals surface area contributed by atoms with Crippen LogP contribution in [0.15, 0.2) is 48.5 Å². The topological polar surface area (TPSA) is 72.5 Å². The molecule has 28 heavy (non-hydrogen) atoms. The Hall–Kier alpha value is -3.16. The molecule has 2 aromatic carbocycles. The number of ketones is 1. The van der Waals surface area contributed by atoms with Crippen LogP contribution in [-0.2, 0) is 20.5 Å². The fourth-order valence-corrected chi connectivity index (χ4v) is 2.34. The third-order valence-electron chi connectivity index (χ3n) is 3.80. The monoisotopic (exact) mass is 393 g/mol. The molecule has 0 unspecified atom stereocenters. The summed E-state index contributed by atoms with van der Waals surface area (Å²) in [4.78, 5) is 35.4. The van der Waals surface area contributed by atoms with Crippen molar-refractivity contribution in [1.29, 1.82) is 0 Å². The molecule has 0 aliphatic rings. The van der Waals surface area contributed by atoms with E-state index in [1.54, 1.807) is 24.3 Å². The number of carbonyl (C=O) groups excluding carboxylic acids is 3. The molecule has 0 radical (unpaired) electrons. The number of halogens is 3. The number of rotatable bonds is 7. The largest absolute Gasteiger partial charge is 0.456 e. The van der Waals surface area contributed by atoms with Crippen LogP contribution in [0, 0.1) is 6.92 Å². The van der Waals surface area contributed by atoms with Crippen LogP contribution in [-0.4, -0.2) is 24.3 Å². The summed E-state index contributed by atoms with van der Waals surface area (Å²) < 4.78 is 43.4. The third-order valence-corrected chi connectivity index (χ3v) is 3.80. The number of hydrogen-bond acceptors (Lipinski definition) is 4. The van der Waals surface area contributed by atoms with Gasteiger partial charge in [-0.05, 0) is 19.1 Å². The van der Waals surface area contributed by atoms with E-state index in [1.165, 1.54) is 12.1 Å². The van der Waals surface area contributed by atoms with Gasteiger partial charge in [-0.2, -0.15) is 13.2 Å². The predicted octanol–water partition coefficient (Wildman–Crippen LogP) is 4.16. The Bertz CT molecular complexity index is 860. The van der Waals surface area contributed by atoms with Crippen LogP contribution in [0.4, 0.5) is 18.9 Å². The summed E-state index contributed by atoms with van der Waals surface area (Å²) in [6, 6.07) is 11.3. The molecule has 1 N–H and O–H groups in total. The smallest absolute Gasteiger partial charge is 0.418 e. The lowest BCUT2D eigenvalue weighted by Crippen LogP contribution is -2.23. The van der Waals surface area contributed by atoms with Crippen LogP contribution in [0.2, 0.25) is 0 Å². The number of esters is 1. The lowest BCUT2D eigenvalue weighted by molar-refractivity contribution is -0.147. The number of nitrogens with one attached hydrogen (secondary N) is 1. The standard InChI is InChI=1S/C20H18F3NO4/c1-13-6-8-14(9-7-13)17(25)10-11-19(27)28-12-18(26)24-16-5-3-2-4-15(16)20(21,22)23/h2-9H,10-12H2,1H3,(H,24,26). The summed E-state index contributed by atoms with van der Waals surface area (Å²) in [6.07, 6.45) is -4.96. The summed E-state index contributed by atoms with van der Waals surface area (Å²) in [5.74, 6) is -1.95. The minimum atomic E-state index is -4.63. The van der Waals surface area contributed by atoms with Gasteiger partial charge in [-0.1, -0.05) is 42.0 Å². The summed E-state index contributed by atoms with van der Waals surface area (Å²) in [5, 5.41) is 2.07. The van der Waals surface area contributed by atoms with Crippen LogP contribution < -0.4 is 5.32 Å². The molecule has 2 rings (SSSR count). The van der Waals surface area contributed by atoms with Crippen molar-refractivity contribution in [2.75, 3.05) is 11.9 Å². The number of para-hydroxylation sites is 1. The van der Waals surface area contributed by atoms with Gasteiger partial charge in [0.2, 0.25) is 0 Å². The third kappa shape index (κ3) is 6.22. The highest BCUT2D eigenvalue weighted by Crippen LogP contribution is 2.34. The highest BCUT2D eigenvalue weighted by atomic mass is 19.4. The van der Waals surface area contributed by atoms with Gasteiger partial charge in [0.15, 0.2) is 12.4 Å². The van der Waals surface area contributed by atoms with E-state index in [0.717, 1.165) is 17.7 Å². The van der Waals surface area contributed by atoms with Crippen molar-refractivity contribution in [3.8, 4) is 0 Å². The molecule has 0 heterocycles. The molecule has 2 aromatic rings. The molecule has 1 amide bonds. The second-order valence-corrected chi connectivity index (χ2v) is 6.04. The van der Waals surface area contributed by atoms with Gasteiger partial charge in [0.1, 0.15) is 0 Å². The fourth-order valence-electron chi connectivity index (χ4n) is 2.34. The van der Waals surface area contributed by atoms with Crippen molar-refractivity contribution < 1.29 is 32.3 Å². The molecule has 0 aliphatic heterocycles. The SMILES string of the molecule is Cc1ccc(C(=O)CCC(=O)OCC(=O)Nc2ccccc2C(F)(F)F)cc1. The number of amides is 1. The van der Waals surface area contributed by atoms with Crippen molar-refractivity contribution in [3.63, 3.8) is 0 Å². The van der Waals surface area contributed by atoms with E-state index in [9.17, 15) is 27.6 Å². The highest BCUT2D eigenvalue weighted by Gasteiger charge is 2.33. The van der Waals surface area contributed by atoms with Crippen molar-refractivity contribution in [1.82, 2.24) is 0 Å². The Balaban J connectivity index is 1.81. The van der Waals surface area contributed by atoms with E-state index >= 15 is 0 Å². The molecule has 5 nitrogen and oxygen atoms in total. The Kier molecular flexibility index (Phi) is 6.92. The molecule has 8 heteroatoms. The van der Waals surface area contributed by atoms with Gasteiger partial charge in [-0.3, -0.25) is 14.4 Å². The van der Waals surface area contributed by atoms with Gasteiger partial charge >= 0.3 is 12.1 Å². The Morgan fingerprint density at radius 1 is 0.964 bits per heavy atom. The van der Waals surface area contributed by atoms with Crippen molar-refractivity contribution >= 4 is 23.3 Å². The van der Waals surface area contributed by atoms with Crippen LogP contribution in [0.3, 0.4) is 0 Å².